The highest BCUT2D eigenvalue weighted by atomic mass is 32.2. The number of hydrogen-bond donors (Lipinski definition) is 1. The molecule has 16 heavy (non-hydrogen) atoms. The molecule has 96 valence electrons. The summed E-state index contributed by atoms with van der Waals surface area (Å²) in [5.74, 6) is 0. The van der Waals surface area contributed by atoms with E-state index in [0.717, 1.165) is 39.3 Å². The minimum Gasteiger partial charge on any atom is -0.385 e. The van der Waals surface area contributed by atoms with Crippen LogP contribution in [0.4, 0.5) is 0 Å². The molecule has 4 heteroatoms. The number of ether oxygens (including phenoxy) is 2. The second-order valence-corrected chi connectivity index (χ2v) is 5.65. The van der Waals surface area contributed by atoms with Crippen molar-refractivity contribution in [2.24, 2.45) is 0 Å². The Hall–Kier alpha value is 0.230. The maximum atomic E-state index is 5.49. The van der Waals surface area contributed by atoms with E-state index in [2.05, 4.69) is 11.6 Å². The average molecular weight is 247 g/mol. The Kier molecular flexibility index (Phi) is 7.45. The summed E-state index contributed by atoms with van der Waals surface area (Å²) in [4.78, 5) is 0. The molecular weight excluding hydrogens is 222 g/mol. The topological polar surface area (TPSA) is 30.5 Å². The number of rotatable bonds is 10. The summed E-state index contributed by atoms with van der Waals surface area (Å²) in [6.07, 6.45) is 7.36. The van der Waals surface area contributed by atoms with E-state index in [-0.39, 0.29) is 0 Å². The summed E-state index contributed by atoms with van der Waals surface area (Å²) in [5, 5.41) is 3.49. The molecule has 0 heterocycles. The highest BCUT2D eigenvalue weighted by Crippen LogP contribution is 2.41. The largest absolute Gasteiger partial charge is 0.385 e. The van der Waals surface area contributed by atoms with Gasteiger partial charge in [0.2, 0.25) is 0 Å². The van der Waals surface area contributed by atoms with Crippen LogP contribution in [-0.4, -0.2) is 51.0 Å². The first-order valence-electron chi connectivity index (χ1n) is 6.15. The monoisotopic (exact) mass is 247 g/mol. The molecule has 0 amide bonds. The van der Waals surface area contributed by atoms with Crippen LogP contribution in [0, 0.1) is 0 Å². The number of thioether (sulfide) groups is 1. The Bertz CT molecular complexity index is 169. The summed E-state index contributed by atoms with van der Waals surface area (Å²) in [6, 6.07) is 0. The van der Waals surface area contributed by atoms with Crippen molar-refractivity contribution >= 4 is 11.8 Å². The van der Waals surface area contributed by atoms with Gasteiger partial charge in [0.15, 0.2) is 0 Å². The van der Waals surface area contributed by atoms with Crippen molar-refractivity contribution < 1.29 is 9.47 Å². The summed E-state index contributed by atoms with van der Waals surface area (Å²) in [7, 11) is 1.72. The molecule has 0 bridgehead atoms. The van der Waals surface area contributed by atoms with Crippen LogP contribution in [0.25, 0.3) is 0 Å². The Balaban J connectivity index is 1.84. The number of nitrogens with one attached hydrogen (secondary N) is 1. The lowest BCUT2D eigenvalue weighted by Gasteiger charge is -2.40. The van der Waals surface area contributed by atoms with Gasteiger partial charge in [-0.05, 0) is 25.5 Å². The van der Waals surface area contributed by atoms with Crippen LogP contribution in [-0.2, 0) is 9.47 Å². The third-order valence-corrected chi connectivity index (χ3v) is 4.62. The number of hydrogen-bond acceptors (Lipinski definition) is 4. The normalized spacial score (nSPS) is 18.4. The lowest BCUT2D eigenvalue weighted by molar-refractivity contribution is 0.103. The fourth-order valence-corrected chi connectivity index (χ4v) is 2.84. The van der Waals surface area contributed by atoms with Gasteiger partial charge in [-0.3, -0.25) is 0 Å². The fraction of sp³-hybridized carbons (Fsp3) is 1.00. The van der Waals surface area contributed by atoms with Gasteiger partial charge < -0.3 is 14.8 Å². The van der Waals surface area contributed by atoms with Crippen molar-refractivity contribution in [1.29, 1.82) is 0 Å². The van der Waals surface area contributed by atoms with E-state index >= 15 is 0 Å². The van der Waals surface area contributed by atoms with Crippen LogP contribution in [0.5, 0.6) is 0 Å². The van der Waals surface area contributed by atoms with Crippen LogP contribution >= 0.6 is 11.8 Å². The molecule has 1 saturated carbocycles. The van der Waals surface area contributed by atoms with Crippen molar-refractivity contribution in [2.75, 3.05) is 46.3 Å². The van der Waals surface area contributed by atoms with Crippen LogP contribution in [0.15, 0.2) is 0 Å². The zero-order valence-corrected chi connectivity index (χ0v) is 11.4. The van der Waals surface area contributed by atoms with Crippen molar-refractivity contribution in [2.45, 2.75) is 30.4 Å². The summed E-state index contributed by atoms with van der Waals surface area (Å²) in [5.41, 5.74) is 0. The molecule has 1 fully saturated rings. The summed E-state index contributed by atoms with van der Waals surface area (Å²) in [6.45, 7) is 4.52. The van der Waals surface area contributed by atoms with Crippen LogP contribution < -0.4 is 5.32 Å². The van der Waals surface area contributed by atoms with Gasteiger partial charge in [-0.2, -0.15) is 11.8 Å². The van der Waals surface area contributed by atoms with E-state index in [9.17, 15) is 0 Å². The third-order valence-electron chi connectivity index (χ3n) is 3.21. The molecule has 1 N–H and O–H groups in total. The molecule has 0 aliphatic heterocycles. The lowest BCUT2D eigenvalue weighted by atomic mass is 9.84. The maximum absolute atomic E-state index is 5.49. The van der Waals surface area contributed by atoms with Gasteiger partial charge in [-0.1, -0.05) is 6.42 Å². The van der Waals surface area contributed by atoms with Crippen LogP contribution in [0.1, 0.15) is 25.7 Å². The SMILES string of the molecule is COCCCOCCNCC1(SC)CCC1. The van der Waals surface area contributed by atoms with Crippen molar-refractivity contribution in [3.05, 3.63) is 0 Å². The molecular formula is C12H25NO2S. The van der Waals surface area contributed by atoms with Gasteiger partial charge in [0.1, 0.15) is 0 Å². The van der Waals surface area contributed by atoms with Crippen molar-refractivity contribution in [3.8, 4) is 0 Å². The lowest BCUT2D eigenvalue weighted by Crippen LogP contribution is -2.44. The van der Waals surface area contributed by atoms with Gasteiger partial charge in [-0.15, -0.1) is 0 Å². The van der Waals surface area contributed by atoms with Gasteiger partial charge in [-0.25, -0.2) is 0 Å². The minimum atomic E-state index is 0.538. The van der Waals surface area contributed by atoms with E-state index < -0.39 is 0 Å². The quantitative estimate of drug-likeness (QED) is 0.597. The average Bonchev–Trinajstić information content (AvgIpc) is 2.25. The van der Waals surface area contributed by atoms with E-state index in [1.54, 1.807) is 7.11 Å². The second-order valence-electron chi connectivity index (χ2n) is 4.38. The molecule has 0 aromatic rings. The Morgan fingerprint density at radius 2 is 2.06 bits per heavy atom. The molecule has 1 rings (SSSR count). The Morgan fingerprint density at radius 1 is 1.25 bits per heavy atom. The van der Waals surface area contributed by atoms with Gasteiger partial charge in [0, 0.05) is 38.2 Å². The fourth-order valence-electron chi connectivity index (χ4n) is 1.89. The molecule has 0 atom stereocenters. The highest BCUT2D eigenvalue weighted by molar-refractivity contribution is 8.00. The van der Waals surface area contributed by atoms with Crippen molar-refractivity contribution in [1.82, 2.24) is 5.32 Å². The number of methoxy groups -OCH3 is 1. The third kappa shape index (κ3) is 5.04. The van der Waals surface area contributed by atoms with E-state index in [0.29, 0.717) is 4.75 Å². The Morgan fingerprint density at radius 3 is 2.62 bits per heavy atom. The standard InChI is InChI=1S/C12H25NO2S/c1-14-8-4-9-15-10-7-13-11-12(16-2)5-3-6-12/h13H,3-11H2,1-2H3. The molecule has 1 aliphatic carbocycles. The van der Waals surface area contributed by atoms with Gasteiger partial charge in [0.05, 0.1) is 6.61 Å². The smallest absolute Gasteiger partial charge is 0.0590 e. The second kappa shape index (κ2) is 8.34. The molecule has 3 nitrogen and oxygen atoms in total. The molecule has 0 aromatic carbocycles. The summed E-state index contributed by atoms with van der Waals surface area (Å²) < 4.78 is 11.0. The summed E-state index contributed by atoms with van der Waals surface area (Å²) >= 11 is 2.01. The first-order chi connectivity index (χ1) is 7.83. The first-order valence-corrected chi connectivity index (χ1v) is 7.38. The zero-order valence-electron chi connectivity index (χ0n) is 10.6. The van der Waals surface area contributed by atoms with Crippen LogP contribution in [0.3, 0.4) is 0 Å². The van der Waals surface area contributed by atoms with E-state index in [1.807, 2.05) is 11.8 Å². The van der Waals surface area contributed by atoms with Crippen LogP contribution in [0.2, 0.25) is 0 Å². The molecule has 0 unspecified atom stereocenters. The molecule has 1 aliphatic rings. The maximum Gasteiger partial charge on any atom is 0.0590 e. The molecule has 0 saturated heterocycles. The van der Waals surface area contributed by atoms with Gasteiger partial charge in [0.25, 0.3) is 0 Å². The van der Waals surface area contributed by atoms with E-state index in [1.165, 1.54) is 19.3 Å². The first kappa shape index (κ1) is 14.3. The molecule has 0 aromatic heterocycles. The van der Waals surface area contributed by atoms with Crippen molar-refractivity contribution in [3.63, 3.8) is 0 Å². The predicted molar refractivity (Wildman–Crippen MR) is 70.3 cm³/mol. The highest BCUT2D eigenvalue weighted by Gasteiger charge is 2.35. The van der Waals surface area contributed by atoms with E-state index in [4.69, 9.17) is 9.47 Å². The Labute approximate surface area is 104 Å². The predicted octanol–water partition coefficient (Wildman–Crippen LogP) is 1.91. The zero-order chi connectivity index (χ0) is 11.7. The minimum absolute atomic E-state index is 0.538. The molecule has 0 spiro atoms. The molecule has 0 radical (unpaired) electrons. The van der Waals surface area contributed by atoms with Gasteiger partial charge >= 0.3 is 0 Å².